The highest BCUT2D eigenvalue weighted by Crippen LogP contribution is 2.31. The molecule has 0 spiro atoms. The minimum absolute atomic E-state index is 0.149. The van der Waals surface area contributed by atoms with Crippen LogP contribution in [0.2, 0.25) is 0 Å². The molecule has 5 nitrogen and oxygen atoms in total. The zero-order valence-electron chi connectivity index (χ0n) is 14.5. The Morgan fingerprint density at radius 1 is 1.00 bits per heavy atom. The molecule has 1 aromatic heterocycles. The molecule has 3 aromatic rings. The van der Waals surface area contributed by atoms with E-state index in [1.165, 1.54) is 0 Å². The maximum absolute atomic E-state index is 12.0. The Labute approximate surface area is 152 Å². The van der Waals surface area contributed by atoms with Crippen molar-refractivity contribution in [2.24, 2.45) is 0 Å². The molecule has 5 heteroatoms. The van der Waals surface area contributed by atoms with Crippen molar-refractivity contribution in [1.82, 2.24) is 10.3 Å². The quantitative estimate of drug-likeness (QED) is 0.695. The summed E-state index contributed by atoms with van der Waals surface area (Å²) < 4.78 is 11.5. The first-order valence-electron chi connectivity index (χ1n) is 8.43. The summed E-state index contributed by atoms with van der Waals surface area (Å²) in [5.41, 5.74) is 1.52. The van der Waals surface area contributed by atoms with E-state index in [2.05, 4.69) is 10.3 Å². The van der Waals surface area contributed by atoms with E-state index in [-0.39, 0.29) is 5.91 Å². The number of carbonyl (C=O) groups is 1. The van der Waals surface area contributed by atoms with Crippen LogP contribution in [-0.2, 0) is 6.54 Å². The first-order chi connectivity index (χ1) is 12.8. The van der Waals surface area contributed by atoms with Crippen LogP contribution in [0, 0.1) is 0 Å². The van der Waals surface area contributed by atoms with Crippen molar-refractivity contribution in [2.45, 2.75) is 13.5 Å². The number of amides is 1. The second-order valence-electron chi connectivity index (χ2n) is 5.55. The molecule has 0 fully saturated rings. The number of rotatable bonds is 7. The Morgan fingerprint density at radius 3 is 2.46 bits per heavy atom. The monoisotopic (exact) mass is 348 g/mol. The lowest BCUT2D eigenvalue weighted by Gasteiger charge is -2.11. The fourth-order valence-corrected chi connectivity index (χ4v) is 2.39. The average Bonchev–Trinajstić information content (AvgIpc) is 2.69. The van der Waals surface area contributed by atoms with E-state index >= 15 is 0 Å². The molecule has 0 atom stereocenters. The van der Waals surface area contributed by atoms with Crippen LogP contribution >= 0.6 is 0 Å². The van der Waals surface area contributed by atoms with Crippen LogP contribution in [0.15, 0.2) is 73.1 Å². The van der Waals surface area contributed by atoms with Gasteiger partial charge < -0.3 is 14.8 Å². The van der Waals surface area contributed by atoms with Crippen LogP contribution in [0.3, 0.4) is 0 Å². The Morgan fingerprint density at radius 2 is 1.77 bits per heavy atom. The van der Waals surface area contributed by atoms with Gasteiger partial charge in [-0.2, -0.15) is 0 Å². The van der Waals surface area contributed by atoms with Crippen molar-refractivity contribution in [3.63, 3.8) is 0 Å². The first-order valence-corrected chi connectivity index (χ1v) is 8.43. The normalized spacial score (nSPS) is 10.2. The molecular formula is C21H20N2O3. The lowest BCUT2D eigenvalue weighted by Crippen LogP contribution is -2.22. The number of hydrogen-bond acceptors (Lipinski definition) is 4. The van der Waals surface area contributed by atoms with Crippen molar-refractivity contribution < 1.29 is 14.3 Å². The molecule has 26 heavy (non-hydrogen) atoms. The molecule has 0 saturated heterocycles. The third-order valence-electron chi connectivity index (χ3n) is 3.68. The van der Waals surface area contributed by atoms with Crippen LogP contribution in [0.25, 0.3) is 0 Å². The maximum Gasteiger partial charge on any atom is 0.253 e. The second-order valence-corrected chi connectivity index (χ2v) is 5.55. The fraction of sp³-hybridized carbons (Fsp3) is 0.143. The fourth-order valence-electron chi connectivity index (χ4n) is 2.39. The van der Waals surface area contributed by atoms with Crippen molar-refractivity contribution in [1.29, 1.82) is 0 Å². The Hall–Kier alpha value is -3.34. The summed E-state index contributed by atoms with van der Waals surface area (Å²) in [5.74, 6) is 1.94. The van der Waals surface area contributed by atoms with E-state index in [0.29, 0.717) is 36.0 Å². The summed E-state index contributed by atoms with van der Waals surface area (Å²) in [4.78, 5) is 16.0. The van der Waals surface area contributed by atoms with Crippen LogP contribution in [0.5, 0.6) is 17.2 Å². The number of hydrogen-bond donors (Lipinski definition) is 1. The van der Waals surface area contributed by atoms with Gasteiger partial charge >= 0.3 is 0 Å². The zero-order chi connectivity index (χ0) is 18.2. The van der Waals surface area contributed by atoms with Crippen LogP contribution < -0.4 is 14.8 Å². The third-order valence-corrected chi connectivity index (χ3v) is 3.68. The van der Waals surface area contributed by atoms with Gasteiger partial charge in [0.25, 0.3) is 5.91 Å². The maximum atomic E-state index is 12.0. The molecule has 2 aromatic carbocycles. The number of benzene rings is 2. The van der Waals surface area contributed by atoms with Gasteiger partial charge in [0, 0.05) is 18.9 Å². The van der Waals surface area contributed by atoms with Gasteiger partial charge in [-0.25, -0.2) is 0 Å². The number of para-hydroxylation sites is 2. The minimum atomic E-state index is -0.149. The Balaban J connectivity index is 1.59. The lowest BCUT2D eigenvalue weighted by atomic mass is 10.2. The highest BCUT2D eigenvalue weighted by Gasteiger charge is 2.07. The van der Waals surface area contributed by atoms with Gasteiger partial charge in [0.2, 0.25) is 0 Å². The highest BCUT2D eigenvalue weighted by atomic mass is 16.5. The molecule has 0 saturated carbocycles. The van der Waals surface area contributed by atoms with Crippen LogP contribution in [0.4, 0.5) is 0 Å². The average molecular weight is 348 g/mol. The number of nitrogens with zero attached hydrogens (tertiary/aromatic N) is 1. The predicted molar refractivity (Wildman–Crippen MR) is 99.5 cm³/mol. The largest absolute Gasteiger partial charge is 0.490 e. The van der Waals surface area contributed by atoms with Gasteiger partial charge in [-0.15, -0.1) is 0 Å². The molecule has 0 bridgehead atoms. The standard InChI is InChI=1S/C21H20N2O3/c1-2-25-19-7-3-4-8-20(19)26-18-11-9-16(10-12-18)14-23-21(24)17-6-5-13-22-15-17/h3-13,15H,2,14H2,1H3,(H,23,24). The third kappa shape index (κ3) is 4.60. The lowest BCUT2D eigenvalue weighted by molar-refractivity contribution is 0.0950. The molecule has 0 radical (unpaired) electrons. The molecule has 0 aliphatic carbocycles. The van der Waals surface area contributed by atoms with E-state index < -0.39 is 0 Å². The summed E-state index contributed by atoms with van der Waals surface area (Å²) in [6, 6.07) is 18.6. The van der Waals surface area contributed by atoms with Crippen molar-refractivity contribution in [3.8, 4) is 17.2 Å². The molecule has 1 N–H and O–H groups in total. The highest BCUT2D eigenvalue weighted by molar-refractivity contribution is 5.93. The number of pyridine rings is 1. The molecule has 1 heterocycles. The van der Waals surface area contributed by atoms with Crippen LogP contribution in [0.1, 0.15) is 22.8 Å². The number of nitrogens with one attached hydrogen (secondary N) is 1. The summed E-state index contributed by atoms with van der Waals surface area (Å²) in [6.07, 6.45) is 3.18. The van der Waals surface area contributed by atoms with Crippen molar-refractivity contribution >= 4 is 5.91 Å². The summed E-state index contributed by atoms with van der Waals surface area (Å²) >= 11 is 0. The zero-order valence-corrected chi connectivity index (χ0v) is 14.5. The molecule has 3 rings (SSSR count). The smallest absolute Gasteiger partial charge is 0.253 e. The molecule has 0 aliphatic heterocycles. The SMILES string of the molecule is CCOc1ccccc1Oc1ccc(CNC(=O)c2cccnc2)cc1. The van der Waals surface area contributed by atoms with Crippen molar-refractivity contribution in [2.75, 3.05) is 6.61 Å². The van der Waals surface area contributed by atoms with Gasteiger partial charge in [-0.1, -0.05) is 24.3 Å². The minimum Gasteiger partial charge on any atom is -0.490 e. The number of aromatic nitrogens is 1. The van der Waals surface area contributed by atoms with E-state index in [9.17, 15) is 4.79 Å². The van der Waals surface area contributed by atoms with Gasteiger partial charge in [0.15, 0.2) is 11.5 Å². The van der Waals surface area contributed by atoms with Gasteiger partial charge in [0.1, 0.15) is 5.75 Å². The van der Waals surface area contributed by atoms with E-state index in [0.717, 1.165) is 5.56 Å². The van der Waals surface area contributed by atoms with Crippen molar-refractivity contribution in [3.05, 3.63) is 84.2 Å². The number of ether oxygens (including phenoxy) is 2. The molecular weight excluding hydrogens is 328 g/mol. The molecule has 132 valence electrons. The van der Waals surface area contributed by atoms with E-state index in [1.807, 2.05) is 55.5 Å². The predicted octanol–water partition coefficient (Wildman–Crippen LogP) is 4.20. The molecule has 0 aliphatic rings. The summed E-state index contributed by atoms with van der Waals surface area (Å²) in [5, 5.41) is 2.87. The topological polar surface area (TPSA) is 60.5 Å². The first kappa shape index (κ1) is 17.5. The van der Waals surface area contributed by atoms with E-state index in [4.69, 9.17) is 9.47 Å². The number of carbonyl (C=O) groups excluding carboxylic acids is 1. The van der Waals surface area contributed by atoms with Gasteiger partial charge in [-0.3, -0.25) is 9.78 Å². The summed E-state index contributed by atoms with van der Waals surface area (Å²) in [6.45, 7) is 2.95. The Bertz CT molecular complexity index is 849. The molecule has 1 amide bonds. The van der Waals surface area contributed by atoms with Gasteiger partial charge in [0.05, 0.1) is 12.2 Å². The Kier molecular flexibility index (Phi) is 5.83. The second kappa shape index (κ2) is 8.67. The summed E-state index contributed by atoms with van der Waals surface area (Å²) in [7, 11) is 0. The van der Waals surface area contributed by atoms with Crippen LogP contribution in [-0.4, -0.2) is 17.5 Å². The van der Waals surface area contributed by atoms with Gasteiger partial charge in [-0.05, 0) is 48.9 Å². The van der Waals surface area contributed by atoms with E-state index in [1.54, 1.807) is 24.5 Å². The molecule has 0 unspecified atom stereocenters.